The smallest absolute Gasteiger partial charge is 0.195 e. The van der Waals surface area contributed by atoms with E-state index in [1.54, 1.807) is 12.1 Å². The largest absolute Gasteiger partial charge is 0.289 e. The molecule has 2 heteroatoms. The van der Waals surface area contributed by atoms with Gasteiger partial charge in [-0.3, -0.25) is 9.59 Å². The van der Waals surface area contributed by atoms with Gasteiger partial charge in [0.05, 0.1) is 0 Å². The molecular formula is C32H28O2. The molecule has 1 aliphatic carbocycles. The number of carbonyl (C=O) groups excluding carboxylic acids is 2. The van der Waals surface area contributed by atoms with Crippen molar-refractivity contribution in [2.45, 2.75) is 39.5 Å². The van der Waals surface area contributed by atoms with Crippen molar-refractivity contribution < 1.29 is 9.59 Å². The van der Waals surface area contributed by atoms with Crippen LogP contribution in [0.15, 0.2) is 84.9 Å². The van der Waals surface area contributed by atoms with Gasteiger partial charge in [-0.2, -0.15) is 0 Å². The van der Waals surface area contributed by atoms with Crippen molar-refractivity contribution in [3.05, 3.63) is 118 Å². The SMILES string of the molecule is CCCc1c(CCC)c(-c2ccccc2)c2c(c1-c1ccccc1)C(=O)c1ccccc1C2=O. The Kier molecular flexibility index (Phi) is 5.98. The van der Waals surface area contributed by atoms with E-state index < -0.39 is 0 Å². The molecular weight excluding hydrogens is 416 g/mol. The minimum Gasteiger partial charge on any atom is -0.289 e. The molecule has 0 fully saturated rings. The summed E-state index contributed by atoms with van der Waals surface area (Å²) in [4.78, 5) is 28.2. The van der Waals surface area contributed by atoms with Crippen molar-refractivity contribution in [3.63, 3.8) is 0 Å². The van der Waals surface area contributed by atoms with E-state index >= 15 is 0 Å². The summed E-state index contributed by atoms with van der Waals surface area (Å²) in [5.74, 6) is -0.108. The number of hydrogen-bond donors (Lipinski definition) is 0. The maximum atomic E-state index is 14.1. The van der Waals surface area contributed by atoms with Crippen LogP contribution in [0.2, 0.25) is 0 Å². The fourth-order valence-electron chi connectivity index (χ4n) is 5.35. The highest BCUT2D eigenvalue weighted by atomic mass is 16.1. The molecule has 0 atom stereocenters. The zero-order valence-electron chi connectivity index (χ0n) is 19.7. The standard InChI is InChI=1S/C32H28O2/c1-3-13-23-24(14-4-2)28(22-17-9-6-10-18-22)30-29(27(23)21-15-7-5-8-16-21)31(33)25-19-11-12-20-26(25)32(30)34/h5-12,15-20H,3-4,13-14H2,1-2H3. The van der Waals surface area contributed by atoms with Gasteiger partial charge in [0.1, 0.15) is 0 Å². The van der Waals surface area contributed by atoms with Gasteiger partial charge in [-0.05, 0) is 46.2 Å². The Hall–Kier alpha value is -3.78. The lowest BCUT2D eigenvalue weighted by molar-refractivity contribution is 0.0980. The third kappa shape index (κ3) is 3.51. The van der Waals surface area contributed by atoms with E-state index in [2.05, 4.69) is 38.1 Å². The molecule has 4 aromatic carbocycles. The molecule has 0 radical (unpaired) electrons. The average Bonchev–Trinajstić information content (AvgIpc) is 2.89. The molecule has 168 valence electrons. The van der Waals surface area contributed by atoms with Crippen molar-refractivity contribution in [1.29, 1.82) is 0 Å². The van der Waals surface area contributed by atoms with E-state index in [1.165, 1.54) is 11.1 Å². The molecule has 5 rings (SSSR count). The molecule has 0 aliphatic heterocycles. The quantitative estimate of drug-likeness (QED) is 0.269. The van der Waals surface area contributed by atoms with Crippen LogP contribution in [0.5, 0.6) is 0 Å². The summed E-state index contributed by atoms with van der Waals surface area (Å²) < 4.78 is 0. The Balaban J connectivity index is 2.00. The van der Waals surface area contributed by atoms with Crippen molar-refractivity contribution in [3.8, 4) is 22.3 Å². The number of carbonyl (C=O) groups is 2. The number of hydrogen-bond acceptors (Lipinski definition) is 2. The Labute approximate surface area is 201 Å². The van der Waals surface area contributed by atoms with Gasteiger partial charge in [0.2, 0.25) is 0 Å². The number of rotatable bonds is 6. The first kappa shape index (κ1) is 22.0. The van der Waals surface area contributed by atoms with E-state index in [-0.39, 0.29) is 11.6 Å². The van der Waals surface area contributed by atoms with Gasteiger partial charge in [0.15, 0.2) is 11.6 Å². The number of ketones is 2. The second-order valence-electron chi connectivity index (χ2n) is 8.89. The first-order valence-electron chi connectivity index (χ1n) is 12.2. The summed E-state index contributed by atoms with van der Waals surface area (Å²) >= 11 is 0. The van der Waals surface area contributed by atoms with Gasteiger partial charge in [0, 0.05) is 22.3 Å². The van der Waals surface area contributed by atoms with Gasteiger partial charge < -0.3 is 0 Å². The lowest BCUT2D eigenvalue weighted by Gasteiger charge is -2.29. The van der Waals surface area contributed by atoms with Crippen molar-refractivity contribution in [2.75, 3.05) is 0 Å². The Morgan fingerprint density at radius 3 is 1.18 bits per heavy atom. The van der Waals surface area contributed by atoms with Crippen LogP contribution in [0.4, 0.5) is 0 Å². The molecule has 0 spiro atoms. The second-order valence-corrected chi connectivity index (χ2v) is 8.89. The van der Waals surface area contributed by atoms with E-state index in [4.69, 9.17) is 0 Å². The topological polar surface area (TPSA) is 34.1 Å². The van der Waals surface area contributed by atoms with Crippen LogP contribution in [0.25, 0.3) is 22.3 Å². The van der Waals surface area contributed by atoms with Crippen LogP contribution in [0, 0.1) is 0 Å². The monoisotopic (exact) mass is 444 g/mol. The molecule has 0 bridgehead atoms. The van der Waals surface area contributed by atoms with Crippen LogP contribution in [-0.4, -0.2) is 11.6 Å². The molecule has 34 heavy (non-hydrogen) atoms. The zero-order chi connectivity index (χ0) is 23.7. The minimum absolute atomic E-state index is 0.0540. The van der Waals surface area contributed by atoms with Crippen LogP contribution >= 0.6 is 0 Å². The van der Waals surface area contributed by atoms with Gasteiger partial charge in [-0.1, -0.05) is 112 Å². The third-order valence-electron chi connectivity index (χ3n) is 6.71. The molecule has 0 aromatic heterocycles. The normalized spacial score (nSPS) is 12.4. The van der Waals surface area contributed by atoms with Crippen LogP contribution in [0.3, 0.4) is 0 Å². The molecule has 0 saturated heterocycles. The molecule has 0 N–H and O–H groups in total. The molecule has 0 heterocycles. The molecule has 0 unspecified atom stereocenters. The number of benzene rings is 4. The van der Waals surface area contributed by atoms with Crippen LogP contribution in [-0.2, 0) is 12.8 Å². The summed E-state index contributed by atoms with van der Waals surface area (Å²) in [5.41, 5.74) is 8.42. The van der Waals surface area contributed by atoms with Crippen molar-refractivity contribution >= 4 is 11.6 Å². The van der Waals surface area contributed by atoms with Crippen LogP contribution in [0.1, 0.15) is 69.7 Å². The van der Waals surface area contributed by atoms with Crippen molar-refractivity contribution in [1.82, 2.24) is 0 Å². The maximum absolute atomic E-state index is 14.1. The zero-order valence-corrected chi connectivity index (χ0v) is 19.7. The highest BCUT2D eigenvalue weighted by Crippen LogP contribution is 2.45. The first-order chi connectivity index (χ1) is 16.7. The summed E-state index contributed by atoms with van der Waals surface area (Å²) in [6.07, 6.45) is 3.64. The summed E-state index contributed by atoms with van der Waals surface area (Å²) in [5, 5.41) is 0. The Morgan fingerprint density at radius 1 is 0.471 bits per heavy atom. The Morgan fingerprint density at radius 2 is 0.824 bits per heavy atom. The molecule has 0 saturated carbocycles. The summed E-state index contributed by atoms with van der Waals surface area (Å²) in [6, 6.07) is 27.5. The average molecular weight is 445 g/mol. The second kappa shape index (κ2) is 9.23. The lowest BCUT2D eigenvalue weighted by atomic mass is 9.72. The van der Waals surface area contributed by atoms with Gasteiger partial charge in [-0.15, -0.1) is 0 Å². The molecule has 4 aromatic rings. The fourth-order valence-corrected chi connectivity index (χ4v) is 5.35. The Bertz CT molecular complexity index is 1270. The molecule has 0 amide bonds. The van der Waals surface area contributed by atoms with Crippen molar-refractivity contribution in [2.24, 2.45) is 0 Å². The minimum atomic E-state index is -0.0540. The predicted molar refractivity (Wildman–Crippen MR) is 139 cm³/mol. The van der Waals surface area contributed by atoms with Gasteiger partial charge in [-0.25, -0.2) is 0 Å². The summed E-state index contributed by atoms with van der Waals surface area (Å²) in [7, 11) is 0. The first-order valence-corrected chi connectivity index (χ1v) is 12.2. The van der Waals surface area contributed by atoms with Gasteiger partial charge >= 0.3 is 0 Å². The maximum Gasteiger partial charge on any atom is 0.195 e. The lowest BCUT2D eigenvalue weighted by Crippen LogP contribution is -2.25. The summed E-state index contributed by atoms with van der Waals surface area (Å²) in [6.45, 7) is 4.35. The third-order valence-corrected chi connectivity index (χ3v) is 6.71. The predicted octanol–water partition coefficient (Wildman–Crippen LogP) is 7.70. The van der Waals surface area contributed by atoms with E-state index in [1.807, 2.05) is 48.5 Å². The molecule has 2 nitrogen and oxygen atoms in total. The van der Waals surface area contributed by atoms with Gasteiger partial charge in [0.25, 0.3) is 0 Å². The van der Waals surface area contributed by atoms with E-state index in [0.717, 1.165) is 47.9 Å². The fraction of sp³-hybridized carbons (Fsp3) is 0.188. The highest BCUT2D eigenvalue weighted by Gasteiger charge is 2.37. The highest BCUT2D eigenvalue weighted by molar-refractivity contribution is 6.32. The van der Waals surface area contributed by atoms with E-state index in [9.17, 15) is 9.59 Å². The van der Waals surface area contributed by atoms with Crippen LogP contribution < -0.4 is 0 Å². The van der Waals surface area contributed by atoms with E-state index in [0.29, 0.717) is 22.3 Å². The number of fused-ring (bicyclic) bond motifs is 2. The molecule has 1 aliphatic rings.